The zero-order valence-electron chi connectivity index (χ0n) is 12.0. The minimum absolute atomic E-state index is 0.0895. The lowest BCUT2D eigenvalue weighted by Gasteiger charge is -2.42. The van der Waals surface area contributed by atoms with Gasteiger partial charge in [0.1, 0.15) is 0 Å². The summed E-state index contributed by atoms with van der Waals surface area (Å²) in [7, 11) is 0. The van der Waals surface area contributed by atoms with E-state index in [1.807, 2.05) is 0 Å². The summed E-state index contributed by atoms with van der Waals surface area (Å²) in [5.74, 6) is 1.66. The highest BCUT2D eigenvalue weighted by Gasteiger charge is 2.34. The molecule has 1 saturated carbocycles. The van der Waals surface area contributed by atoms with E-state index in [4.69, 9.17) is 5.73 Å². The molecule has 0 atom stereocenters. The van der Waals surface area contributed by atoms with E-state index >= 15 is 0 Å². The first-order valence-corrected chi connectivity index (χ1v) is 8.08. The van der Waals surface area contributed by atoms with E-state index in [-0.39, 0.29) is 5.54 Å². The van der Waals surface area contributed by atoms with Crippen molar-refractivity contribution in [2.75, 3.05) is 11.9 Å². The molecule has 106 valence electrons. The average molecular weight is 325 g/mol. The molecule has 1 aromatic rings. The lowest BCUT2D eigenvalue weighted by molar-refractivity contribution is 0.213. The Kier molecular flexibility index (Phi) is 4.91. The second-order valence-corrected chi connectivity index (χ2v) is 7.12. The Morgan fingerprint density at radius 1 is 1.37 bits per heavy atom. The Labute approximate surface area is 125 Å². The van der Waals surface area contributed by atoms with Crippen molar-refractivity contribution in [2.24, 2.45) is 17.6 Å². The molecule has 0 aliphatic heterocycles. The van der Waals surface area contributed by atoms with Crippen LogP contribution in [0.3, 0.4) is 0 Å². The van der Waals surface area contributed by atoms with Gasteiger partial charge in [-0.2, -0.15) is 0 Å². The van der Waals surface area contributed by atoms with Crippen LogP contribution in [0.2, 0.25) is 0 Å². The van der Waals surface area contributed by atoms with Crippen LogP contribution in [0.1, 0.15) is 39.5 Å². The van der Waals surface area contributed by atoms with Crippen molar-refractivity contribution in [3.63, 3.8) is 0 Å². The Hall–Kier alpha value is -0.540. The minimum Gasteiger partial charge on any atom is -0.378 e. The predicted octanol–water partition coefficient (Wildman–Crippen LogP) is 4.40. The van der Waals surface area contributed by atoms with Crippen LogP contribution < -0.4 is 11.1 Å². The van der Waals surface area contributed by atoms with E-state index in [0.717, 1.165) is 16.3 Å². The zero-order chi connectivity index (χ0) is 13.9. The van der Waals surface area contributed by atoms with Gasteiger partial charge >= 0.3 is 0 Å². The lowest BCUT2D eigenvalue weighted by Crippen LogP contribution is -2.48. The molecule has 3 heteroatoms. The molecule has 1 aliphatic rings. The molecule has 0 aromatic heterocycles. The highest BCUT2D eigenvalue weighted by Crippen LogP contribution is 2.37. The van der Waals surface area contributed by atoms with Crippen molar-refractivity contribution in [1.29, 1.82) is 0 Å². The maximum absolute atomic E-state index is 6.07. The average Bonchev–Trinajstić information content (AvgIpc) is 2.39. The monoisotopic (exact) mass is 324 g/mol. The van der Waals surface area contributed by atoms with Crippen LogP contribution >= 0.6 is 15.9 Å². The second-order valence-electron chi connectivity index (χ2n) is 6.20. The smallest absolute Gasteiger partial charge is 0.0495 e. The summed E-state index contributed by atoms with van der Waals surface area (Å²) in [5.41, 5.74) is 7.33. The molecule has 1 fully saturated rings. The summed E-state index contributed by atoms with van der Waals surface area (Å²) in [6, 6.07) is 8.37. The van der Waals surface area contributed by atoms with Gasteiger partial charge < -0.3 is 11.1 Å². The number of nitrogens with two attached hydrogens (primary N) is 1. The highest BCUT2D eigenvalue weighted by atomic mass is 79.9. The first-order valence-electron chi connectivity index (χ1n) is 7.28. The van der Waals surface area contributed by atoms with Gasteiger partial charge in [-0.25, -0.2) is 0 Å². The molecule has 19 heavy (non-hydrogen) atoms. The van der Waals surface area contributed by atoms with Crippen LogP contribution in [0.15, 0.2) is 28.7 Å². The third-order valence-electron chi connectivity index (χ3n) is 4.56. The molecule has 2 nitrogen and oxygen atoms in total. The fourth-order valence-corrected chi connectivity index (χ4v) is 3.51. The van der Waals surface area contributed by atoms with Gasteiger partial charge in [-0.05, 0) is 55.7 Å². The number of nitrogens with one attached hydrogen (secondary N) is 1. The zero-order valence-corrected chi connectivity index (χ0v) is 13.5. The molecule has 1 aliphatic carbocycles. The number of halogens is 1. The normalized spacial score (nSPS) is 27.5. The van der Waals surface area contributed by atoms with Gasteiger partial charge in [0.2, 0.25) is 0 Å². The van der Waals surface area contributed by atoms with Crippen LogP contribution in [-0.4, -0.2) is 12.1 Å². The summed E-state index contributed by atoms with van der Waals surface area (Å²) >= 11 is 3.52. The van der Waals surface area contributed by atoms with Crippen molar-refractivity contribution >= 4 is 21.6 Å². The second kappa shape index (κ2) is 6.27. The summed E-state index contributed by atoms with van der Waals surface area (Å²) in [5, 5.41) is 3.69. The molecule has 0 unspecified atom stereocenters. The maximum Gasteiger partial charge on any atom is 0.0495 e. The SMILES string of the molecule is CC(C)C1CCC(CN)(Nc2cccc(Br)c2)CC1. The van der Waals surface area contributed by atoms with Crippen LogP contribution in [0.5, 0.6) is 0 Å². The molecular formula is C16H25BrN2. The topological polar surface area (TPSA) is 38.0 Å². The van der Waals surface area contributed by atoms with Gasteiger partial charge in [-0.1, -0.05) is 35.8 Å². The van der Waals surface area contributed by atoms with E-state index in [0.29, 0.717) is 6.54 Å². The van der Waals surface area contributed by atoms with Crippen molar-refractivity contribution < 1.29 is 0 Å². The van der Waals surface area contributed by atoms with E-state index in [1.165, 1.54) is 31.4 Å². The minimum atomic E-state index is 0.0895. The Morgan fingerprint density at radius 2 is 2.05 bits per heavy atom. The standard InChI is InChI=1S/C16H25BrN2/c1-12(2)13-6-8-16(11-18,9-7-13)19-15-5-3-4-14(17)10-15/h3-5,10,12-13,19H,6-9,11,18H2,1-2H3. The van der Waals surface area contributed by atoms with E-state index < -0.39 is 0 Å². The van der Waals surface area contributed by atoms with Gasteiger partial charge in [0.05, 0.1) is 0 Å². The molecule has 0 heterocycles. The fourth-order valence-electron chi connectivity index (χ4n) is 3.11. The molecule has 0 bridgehead atoms. The largest absolute Gasteiger partial charge is 0.378 e. The molecule has 2 rings (SSSR count). The molecular weight excluding hydrogens is 300 g/mol. The van der Waals surface area contributed by atoms with Gasteiger partial charge in [-0.3, -0.25) is 0 Å². The number of hydrogen-bond donors (Lipinski definition) is 2. The predicted molar refractivity (Wildman–Crippen MR) is 86.3 cm³/mol. The van der Waals surface area contributed by atoms with Crippen molar-refractivity contribution in [3.05, 3.63) is 28.7 Å². The van der Waals surface area contributed by atoms with E-state index in [9.17, 15) is 0 Å². The van der Waals surface area contributed by atoms with Gasteiger partial charge in [0.25, 0.3) is 0 Å². The summed E-state index contributed by atoms with van der Waals surface area (Å²) in [6.07, 6.45) is 4.93. The quantitative estimate of drug-likeness (QED) is 0.861. The molecule has 1 aromatic carbocycles. The molecule has 0 spiro atoms. The van der Waals surface area contributed by atoms with E-state index in [1.54, 1.807) is 0 Å². The van der Waals surface area contributed by atoms with Crippen LogP contribution in [0, 0.1) is 11.8 Å². The van der Waals surface area contributed by atoms with Gasteiger partial charge in [0.15, 0.2) is 0 Å². The summed E-state index contributed by atoms with van der Waals surface area (Å²) in [4.78, 5) is 0. The van der Waals surface area contributed by atoms with E-state index in [2.05, 4.69) is 59.4 Å². The van der Waals surface area contributed by atoms with Crippen LogP contribution in [0.25, 0.3) is 0 Å². The number of anilines is 1. The Balaban J connectivity index is 2.04. The summed E-state index contributed by atoms with van der Waals surface area (Å²) in [6.45, 7) is 5.38. The fraction of sp³-hybridized carbons (Fsp3) is 0.625. The maximum atomic E-state index is 6.07. The van der Waals surface area contributed by atoms with Crippen molar-refractivity contribution in [2.45, 2.75) is 45.1 Å². The van der Waals surface area contributed by atoms with Gasteiger partial charge in [-0.15, -0.1) is 0 Å². The Morgan fingerprint density at radius 3 is 2.58 bits per heavy atom. The van der Waals surface area contributed by atoms with Crippen LogP contribution in [-0.2, 0) is 0 Å². The Bertz CT molecular complexity index is 409. The van der Waals surface area contributed by atoms with Crippen molar-refractivity contribution in [3.8, 4) is 0 Å². The summed E-state index contributed by atoms with van der Waals surface area (Å²) < 4.78 is 1.11. The lowest BCUT2D eigenvalue weighted by atomic mass is 9.72. The number of hydrogen-bond acceptors (Lipinski definition) is 2. The third-order valence-corrected chi connectivity index (χ3v) is 5.05. The number of rotatable bonds is 4. The molecule has 0 saturated heterocycles. The molecule has 3 N–H and O–H groups in total. The van der Waals surface area contributed by atoms with Crippen LogP contribution in [0.4, 0.5) is 5.69 Å². The highest BCUT2D eigenvalue weighted by molar-refractivity contribution is 9.10. The number of benzene rings is 1. The molecule has 0 amide bonds. The first kappa shape index (κ1) is 14.9. The third kappa shape index (κ3) is 3.73. The van der Waals surface area contributed by atoms with Gasteiger partial charge in [0, 0.05) is 22.2 Å². The van der Waals surface area contributed by atoms with Crippen molar-refractivity contribution in [1.82, 2.24) is 0 Å². The first-order chi connectivity index (χ1) is 9.04. The molecule has 0 radical (unpaired) electrons.